The van der Waals surface area contributed by atoms with Crippen LogP contribution in [0.3, 0.4) is 0 Å². The molecule has 0 saturated carbocycles. The third-order valence-corrected chi connectivity index (χ3v) is 22.1. The van der Waals surface area contributed by atoms with Gasteiger partial charge in [0, 0.05) is 0 Å². The Kier molecular flexibility index (Phi) is 6.50. The molecule has 24 heavy (non-hydrogen) atoms. The van der Waals surface area contributed by atoms with E-state index in [0.717, 1.165) is 0 Å². The Labute approximate surface area is 146 Å². The first-order chi connectivity index (χ1) is 10.6. The molecule has 0 saturated heterocycles. The summed E-state index contributed by atoms with van der Waals surface area (Å²) in [6, 6.07) is 8.16. The maximum absolute atomic E-state index is 12.9. The number of alkyl halides is 3. The number of ketones is 1. The molecule has 1 aromatic carbocycles. The molecule has 0 heterocycles. The van der Waals surface area contributed by atoms with Crippen molar-refractivity contribution in [3.63, 3.8) is 0 Å². The SMILES string of the molecule is CS(C)(OS(=O)(=O)C(F)(F)F)[CH](C(=O)c1ccccc1)[Sn]([CH3])([CH3])[CH3]. The van der Waals surface area contributed by atoms with Crippen LogP contribution in [0, 0.1) is 0 Å². The van der Waals surface area contributed by atoms with Crippen molar-refractivity contribution in [2.24, 2.45) is 0 Å². The van der Waals surface area contributed by atoms with Gasteiger partial charge in [0.25, 0.3) is 0 Å². The fraction of sp³-hybridized carbons (Fsp3) is 0.500. The van der Waals surface area contributed by atoms with Gasteiger partial charge in [0.1, 0.15) is 0 Å². The molecule has 0 amide bonds. The van der Waals surface area contributed by atoms with Crippen LogP contribution in [0.4, 0.5) is 13.2 Å². The van der Waals surface area contributed by atoms with Crippen LogP contribution in [0.5, 0.6) is 0 Å². The molecule has 1 atom stereocenters. The number of rotatable bonds is 6. The predicted octanol–water partition coefficient (Wildman–Crippen LogP) is 3.96. The molecule has 0 N–H and O–H groups in total. The topological polar surface area (TPSA) is 60.4 Å². The predicted molar refractivity (Wildman–Crippen MR) is 93.4 cm³/mol. The van der Waals surface area contributed by atoms with Crippen LogP contribution in [0.15, 0.2) is 30.3 Å². The molecule has 1 aromatic rings. The van der Waals surface area contributed by atoms with Crippen molar-refractivity contribution in [2.45, 2.75) is 23.6 Å². The summed E-state index contributed by atoms with van der Waals surface area (Å²) in [5.74, 6) is -0.351. The number of benzene rings is 1. The van der Waals surface area contributed by atoms with Crippen molar-refractivity contribution < 1.29 is 30.0 Å². The van der Waals surface area contributed by atoms with Gasteiger partial charge >= 0.3 is 147 Å². The molecule has 0 aliphatic rings. The fourth-order valence-electron chi connectivity index (χ4n) is 2.57. The minimum absolute atomic E-state index is 0.350. The van der Waals surface area contributed by atoms with Crippen LogP contribution in [0.2, 0.25) is 14.8 Å². The minimum atomic E-state index is -5.76. The molecule has 0 aliphatic heterocycles. The van der Waals surface area contributed by atoms with Gasteiger partial charge in [-0.25, -0.2) is 0 Å². The van der Waals surface area contributed by atoms with Gasteiger partial charge in [-0.15, -0.1) is 0 Å². The van der Waals surface area contributed by atoms with Gasteiger partial charge < -0.3 is 0 Å². The van der Waals surface area contributed by atoms with Crippen molar-refractivity contribution >= 4 is 44.6 Å². The average Bonchev–Trinajstić information content (AvgIpc) is 2.34. The number of carbonyl (C=O) groups is 1. The third-order valence-electron chi connectivity index (χ3n) is 3.20. The van der Waals surface area contributed by atoms with E-state index in [2.05, 4.69) is 3.63 Å². The molecular weight excluding hydrogens is 472 g/mol. The number of hydrogen-bond donors (Lipinski definition) is 0. The summed E-state index contributed by atoms with van der Waals surface area (Å²) in [7, 11) is -8.59. The Bertz CT molecular complexity index is 695. The normalized spacial score (nSPS) is 15.8. The molecule has 0 aromatic heterocycles. The van der Waals surface area contributed by atoms with E-state index in [4.69, 9.17) is 0 Å². The van der Waals surface area contributed by atoms with Crippen LogP contribution in [-0.4, -0.2) is 53.9 Å². The Morgan fingerprint density at radius 1 is 1.08 bits per heavy atom. The average molecular weight is 493 g/mol. The van der Waals surface area contributed by atoms with E-state index < -0.39 is 47.6 Å². The molecule has 10 heteroatoms. The van der Waals surface area contributed by atoms with Gasteiger partial charge in [-0.3, -0.25) is 0 Å². The molecule has 0 fully saturated rings. The summed E-state index contributed by atoms with van der Waals surface area (Å²) < 4.78 is 64.7. The van der Waals surface area contributed by atoms with E-state index in [1.807, 2.05) is 14.8 Å². The number of carbonyl (C=O) groups excluding carboxylic acids is 1. The first-order valence-corrected chi connectivity index (χ1v) is 21.0. The second-order valence-electron chi connectivity index (χ2n) is 6.75. The fourth-order valence-corrected chi connectivity index (χ4v) is 25.7. The van der Waals surface area contributed by atoms with Crippen LogP contribution < -0.4 is 0 Å². The van der Waals surface area contributed by atoms with E-state index in [1.54, 1.807) is 30.3 Å². The molecule has 1 rings (SSSR count). The van der Waals surface area contributed by atoms with Crippen LogP contribution in [-0.2, 0) is 13.7 Å². The first-order valence-electron chi connectivity index (χ1n) is 6.93. The van der Waals surface area contributed by atoms with Gasteiger partial charge in [-0.05, 0) is 0 Å². The second kappa shape index (κ2) is 7.16. The Morgan fingerprint density at radius 2 is 1.54 bits per heavy atom. The monoisotopic (exact) mass is 494 g/mol. The second-order valence-corrected chi connectivity index (χ2v) is 28.1. The summed E-state index contributed by atoms with van der Waals surface area (Å²) in [4.78, 5) is 18.5. The van der Waals surface area contributed by atoms with Gasteiger partial charge in [0.15, 0.2) is 0 Å². The van der Waals surface area contributed by atoms with E-state index in [0.29, 0.717) is 5.56 Å². The van der Waals surface area contributed by atoms with Crippen molar-refractivity contribution in [1.29, 1.82) is 0 Å². The first kappa shape index (κ1) is 21.8. The summed E-state index contributed by atoms with van der Waals surface area (Å²) in [6.07, 6.45) is 2.62. The van der Waals surface area contributed by atoms with Crippen molar-refractivity contribution in [1.82, 2.24) is 0 Å². The Hall–Kier alpha value is -0.261. The maximum atomic E-state index is 12.9. The van der Waals surface area contributed by atoms with Crippen LogP contribution in [0.1, 0.15) is 10.4 Å². The quantitative estimate of drug-likeness (QED) is 0.342. The van der Waals surface area contributed by atoms with Crippen molar-refractivity contribution in [3.8, 4) is 0 Å². The third kappa shape index (κ3) is 5.12. The molecule has 0 radical (unpaired) electrons. The summed E-state index contributed by atoms with van der Waals surface area (Å²) in [5.41, 5.74) is -5.16. The molecule has 0 aliphatic carbocycles. The van der Waals surface area contributed by atoms with Crippen LogP contribution in [0.25, 0.3) is 0 Å². The number of Topliss-reactive ketones (excluding diaryl/α,β-unsaturated/α-hetero) is 1. The van der Waals surface area contributed by atoms with Gasteiger partial charge in [0.05, 0.1) is 0 Å². The standard InChI is InChI=1S/C11H12F3O4S2.3CH3.Sn/c1-19(2,18-20(16,17)11(12,13)14)8-10(15)9-6-4-3-5-7-9;;;;/h3-8H,1-2H3;3*1H3;. The Balaban J connectivity index is 3.34. The number of halogens is 3. The molecule has 138 valence electrons. The van der Waals surface area contributed by atoms with E-state index >= 15 is 0 Å². The number of hydrogen-bond acceptors (Lipinski definition) is 4. The zero-order chi connectivity index (χ0) is 19.0. The van der Waals surface area contributed by atoms with Gasteiger partial charge in [-0.1, -0.05) is 0 Å². The van der Waals surface area contributed by atoms with Crippen molar-refractivity contribution in [3.05, 3.63) is 35.9 Å². The van der Waals surface area contributed by atoms with Crippen molar-refractivity contribution in [2.75, 3.05) is 12.5 Å². The van der Waals surface area contributed by atoms with Gasteiger partial charge in [-0.2, -0.15) is 0 Å². The molecule has 1 unspecified atom stereocenters. The van der Waals surface area contributed by atoms with E-state index in [-0.39, 0.29) is 5.78 Å². The molecule has 0 spiro atoms. The Morgan fingerprint density at radius 3 is 1.92 bits per heavy atom. The van der Waals surface area contributed by atoms with Gasteiger partial charge in [0.2, 0.25) is 0 Å². The molecule has 0 bridgehead atoms. The summed E-state index contributed by atoms with van der Waals surface area (Å²) in [5, 5.41) is 0. The van der Waals surface area contributed by atoms with E-state index in [9.17, 15) is 26.4 Å². The summed E-state index contributed by atoms with van der Waals surface area (Å²) >= 11 is -3.21. The van der Waals surface area contributed by atoms with E-state index in [1.165, 1.54) is 12.5 Å². The van der Waals surface area contributed by atoms with Crippen LogP contribution >= 0.6 is 10.3 Å². The summed E-state index contributed by atoms with van der Waals surface area (Å²) in [6.45, 7) is 0. The zero-order valence-electron chi connectivity index (χ0n) is 14.0. The molecular formula is C14H21F3O4S2Sn. The zero-order valence-corrected chi connectivity index (χ0v) is 18.5. The molecule has 4 nitrogen and oxygen atoms in total.